The minimum Gasteiger partial charge on any atom is -0.192 e. The van der Waals surface area contributed by atoms with Crippen LogP contribution in [0.3, 0.4) is 0 Å². The van der Waals surface area contributed by atoms with E-state index in [1.165, 1.54) is 5.56 Å². The summed E-state index contributed by atoms with van der Waals surface area (Å²) in [6, 6.07) is 20.6. The van der Waals surface area contributed by atoms with Crippen molar-refractivity contribution in [2.75, 3.05) is 0 Å². The molecule has 1 nitrogen and oxygen atoms in total. The molecule has 0 N–H and O–H groups in total. The second-order valence-electron chi connectivity index (χ2n) is 4.35. The first kappa shape index (κ1) is 14.9. The van der Waals surface area contributed by atoms with E-state index in [-0.39, 0.29) is 0 Å². The van der Waals surface area contributed by atoms with Crippen molar-refractivity contribution >= 4 is 33.3 Å². The average Bonchev–Trinajstić information content (AvgIpc) is 2.49. The molecule has 3 heteroatoms. The Morgan fingerprint density at radius 2 is 1.75 bits per heavy atom. The first-order chi connectivity index (χ1) is 9.70. The minimum atomic E-state index is 0.774. The third-order valence-electron chi connectivity index (χ3n) is 2.95. The van der Waals surface area contributed by atoms with Gasteiger partial charge in [-0.1, -0.05) is 58.4 Å². The van der Waals surface area contributed by atoms with E-state index in [1.807, 2.05) is 49.4 Å². The van der Waals surface area contributed by atoms with E-state index in [2.05, 4.69) is 34.1 Å². The largest absolute Gasteiger partial charge is 0.192 e. The third kappa shape index (κ3) is 4.00. The highest BCUT2D eigenvalue weighted by molar-refractivity contribution is 9.10. The minimum absolute atomic E-state index is 0.774. The number of thioether (sulfide) groups is 1. The number of benzene rings is 2. The van der Waals surface area contributed by atoms with Gasteiger partial charge in [-0.25, -0.2) is 0 Å². The Balaban J connectivity index is 2.16. The molecule has 0 aliphatic rings. The van der Waals surface area contributed by atoms with Crippen molar-refractivity contribution in [3.05, 3.63) is 75.1 Å². The molecular weight excluding hydrogens is 330 g/mol. The molecule has 0 saturated heterocycles. The highest BCUT2D eigenvalue weighted by Gasteiger charge is 2.06. The topological polar surface area (TPSA) is 23.8 Å². The van der Waals surface area contributed by atoms with Gasteiger partial charge in [0.05, 0.1) is 4.91 Å². The predicted molar refractivity (Wildman–Crippen MR) is 90.1 cm³/mol. The summed E-state index contributed by atoms with van der Waals surface area (Å²) in [7, 11) is 0. The lowest BCUT2D eigenvalue weighted by Gasteiger charge is -2.06. The maximum atomic E-state index is 9.35. The van der Waals surface area contributed by atoms with Gasteiger partial charge in [0.1, 0.15) is 6.07 Å². The molecule has 0 spiro atoms. The summed E-state index contributed by atoms with van der Waals surface area (Å²) >= 11 is 5.01. The van der Waals surface area contributed by atoms with E-state index in [1.54, 1.807) is 11.8 Å². The predicted octanol–water partition coefficient (Wildman–Crippen LogP) is 5.64. The Morgan fingerprint density at radius 3 is 2.35 bits per heavy atom. The van der Waals surface area contributed by atoms with E-state index in [0.29, 0.717) is 0 Å². The van der Waals surface area contributed by atoms with Crippen molar-refractivity contribution in [3.8, 4) is 6.07 Å². The maximum Gasteiger partial charge on any atom is 0.106 e. The molecule has 0 aliphatic carbocycles. The SMILES string of the molecule is C/C(=C(/C#N)SCc1ccccc1)c1ccc(Br)cc1. The van der Waals surface area contributed by atoms with Crippen LogP contribution in [0, 0.1) is 11.3 Å². The maximum absolute atomic E-state index is 9.35. The van der Waals surface area contributed by atoms with Gasteiger partial charge in [0.25, 0.3) is 0 Å². The van der Waals surface area contributed by atoms with Gasteiger partial charge in [-0.05, 0) is 35.8 Å². The number of nitriles is 1. The van der Waals surface area contributed by atoms with Crippen LogP contribution in [-0.4, -0.2) is 0 Å². The molecule has 2 rings (SSSR count). The molecule has 20 heavy (non-hydrogen) atoms. The van der Waals surface area contributed by atoms with Crippen molar-refractivity contribution in [1.82, 2.24) is 0 Å². The highest BCUT2D eigenvalue weighted by atomic mass is 79.9. The molecule has 0 atom stereocenters. The van der Waals surface area contributed by atoms with Crippen LogP contribution in [0.2, 0.25) is 0 Å². The van der Waals surface area contributed by atoms with Crippen molar-refractivity contribution in [2.45, 2.75) is 12.7 Å². The first-order valence-corrected chi connectivity index (χ1v) is 8.02. The fourth-order valence-electron chi connectivity index (χ4n) is 1.79. The summed E-state index contributed by atoms with van der Waals surface area (Å²) in [5, 5.41) is 9.35. The normalized spacial score (nSPS) is 11.7. The van der Waals surface area contributed by atoms with Crippen LogP contribution in [0.25, 0.3) is 5.57 Å². The third-order valence-corrected chi connectivity index (χ3v) is 4.64. The smallest absolute Gasteiger partial charge is 0.106 e. The van der Waals surface area contributed by atoms with Crippen LogP contribution in [0.4, 0.5) is 0 Å². The molecule has 0 aromatic heterocycles. The highest BCUT2D eigenvalue weighted by Crippen LogP contribution is 2.29. The number of hydrogen-bond donors (Lipinski definition) is 0. The van der Waals surface area contributed by atoms with Crippen molar-refractivity contribution in [1.29, 1.82) is 5.26 Å². The Labute approximate surface area is 132 Å². The molecule has 0 radical (unpaired) electrons. The molecular formula is C17H14BrNS. The Bertz CT molecular complexity index is 639. The van der Waals surface area contributed by atoms with Gasteiger partial charge >= 0.3 is 0 Å². The standard InChI is InChI=1S/C17H14BrNS/c1-13(15-7-9-16(18)10-8-15)17(11-19)20-12-14-5-3-2-4-6-14/h2-10H,12H2,1H3/b17-13+. The van der Waals surface area contributed by atoms with Crippen LogP contribution < -0.4 is 0 Å². The molecule has 2 aromatic rings. The van der Waals surface area contributed by atoms with Crippen LogP contribution in [-0.2, 0) is 5.75 Å². The summed E-state index contributed by atoms with van der Waals surface area (Å²) in [5.41, 5.74) is 3.35. The molecule has 0 fully saturated rings. The second kappa shape index (κ2) is 7.33. The van der Waals surface area contributed by atoms with Gasteiger partial charge in [0, 0.05) is 10.2 Å². The molecule has 0 amide bonds. The monoisotopic (exact) mass is 343 g/mol. The molecule has 0 aliphatic heterocycles. The van der Waals surface area contributed by atoms with E-state index < -0.39 is 0 Å². The molecule has 0 heterocycles. The van der Waals surface area contributed by atoms with Crippen LogP contribution in [0.5, 0.6) is 0 Å². The van der Waals surface area contributed by atoms with Crippen molar-refractivity contribution in [2.24, 2.45) is 0 Å². The molecule has 0 bridgehead atoms. The van der Waals surface area contributed by atoms with E-state index in [0.717, 1.165) is 26.3 Å². The molecule has 100 valence electrons. The van der Waals surface area contributed by atoms with E-state index in [4.69, 9.17) is 0 Å². The van der Waals surface area contributed by atoms with Crippen LogP contribution >= 0.6 is 27.7 Å². The van der Waals surface area contributed by atoms with Gasteiger partial charge in [0.15, 0.2) is 0 Å². The van der Waals surface area contributed by atoms with E-state index in [9.17, 15) is 5.26 Å². The van der Waals surface area contributed by atoms with Gasteiger partial charge in [-0.2, -0.15) is 5.26 Å². The fraction of sp³-hybridized carbons (Fsp3) is 0.118. The lowest BCUT2D eigenvalue weighted by atomic mass is 10.1. The Hall–Kier alpha value is -1.50. The fourth-order valence-corrected chi connectivity index (χ4v) is 2.95. The summed E-state index contributed by atoms with van der Waals surface area (Å²) in [6.45, 7) is 2.00. The number of hydrogen-bond acceptors (Lipinski definition) is 2. The van der Waals surface area contributed by atoms with Crippen LogP contribution in [0.15, 0.2) is 64.0 Å². The summed E-state index contributed by atoms with van der Waals surface area (Å²) in [6.07, 6.45) is 0. The Morgan fingerprint density at radius 1 is 1.10 bits per heavy atom. The zero-order valence-corrected chi connectivity index (χ0v) is 13.5. The van der Waals surface area contributed by atoms with Gasteiger partial charge in [-0.3, -0.25) is 0 Å². The first-order valence-electron chi connectivity index (χ1n) is 6.24. The lowest BCUT2D eigenvalue weighted by Crippen LogP contribution is -1.86. The zero-order chi connectivity index (χ0) is 14.4. The van der Waals surface area contributed by atoms with Crippen molar-refractivity contribution in [3.63, 3.8) is 0 Å². The average molecular weight is 344 g/mol. The van der Waals surface area contributed by atoms with Gasteiger partial charge in [-0.15, -0.1) is 11.8 Å². The summed E-state index contributed by atoms with van der Waals surface area (Å²) in [5.74, 6) is 0.817. The quantitative estimate of drug-likeness (QED) is 0.671. The Kier molecular flexibility index (Phi) is 5.46. The second-order valence-corrected chi connectivity index (χ2v) is 6.25. The number of halogens is 1. The molecule has 0 unspecified atom stereocenters. The number of allylic oxidation sites excluding steroid dienone is 2. The van der Waals surface area contributed by atoms with E-state index >= 15 is 0 Å². The summed E-state index contributed by atoms with van der Waals surface area (Å²) < 4.78 is 1.05. The number of nitrogens with zero attached hydrogens (tertiary/aromatic N) is 1. The summed E-state index contributed by atoms with van der Waals surface area (Å²) in [4.78, 5) is 0.774. The number of rotatable bonds is 4. The molecule has 0 saturated carbocycles. The van der Waals surface area contributed by atoms with Gasteiger partial charge < -0.3 is 0 Å². The van der Waals surface area contributed by atoms with Gasteiger partial charge in [0.2, 0.25) is 0 Å². The van der Waals surface area contributed by atoms with Crippen LogP contribution in [0.1, 0.15) is 18.1 Å². The van der Waals surface area contributed by atoms with Crippen molar-refractivity contribution < 1.29 is 0 Å². The lowest BCUT2D eigenvalue weighted by molar-refractivity contribution is 1.42. The zero-order valence-electron chi connectivity index (χ0n) is 11.1. The molecule has 2 aromatic carbocycles.